The molecule has 1 atom stereocenters. The van der Waals surface area contributed by atoms with Crippen LogP contribution >= 0.6 is 11.8 Å². The van der Waals surface area contributed by atoms with E-state index in [-0.39, 0.29) is 17.6 Å². The van der Waals surface area contributed by atoms with E-state index >= 15 is 0 Å². The summed E-state index contributed by atoms with van der Waals surface area (Å²) in [5, 5.41) is 8.87. The molecule has 0 saturated carbocycles. The Bertz CT molecular complexity index is 601. The van der Waals surface area contributed by atoms with Gasteiger partial charge in [0.2, 0.25) is 5.91 Å². The van der Waals surface area contributed by atoms with E-state index in [1.165, 1.54) is 5.56 Å². The van der Waals surface area contributed by atoms with Crippen LogP contribution in [0.25, 0.3) is 0 Å². The Labute approximate surface area is 140 Å². The van der Waals surface area contributed by atoms with Crippen molar-refractivity contribution in [3.8, 4) is 5.75 Å². The number of hydrogen-bond donors (Lipinski definition) is 2. The molecule has 2 aromatic rings. The lowest BCUT2D eigenvalue weighted by Gasteiger charge is -2.16. The third-order valence-electron chi connectivity index (χ3n) is 3.50. The number of nitrogens with one attached hydrogen (secondary N) is 1. The zero-order chi connectivity index (χ0) is 16.5. The fraction of sp³-hybridized carbons (Fsp3) is 0.278. The Kier molecular flexibility index (Phi) is 6.97. The van der Waals surface area contributed by atoms with E-state index in [2.05, 4.69) is 12.1 Å². The van der Waals surface area contributed by atoms with Gasteiger partial charge in [-0.3, -0.25) is 10.0 Å². The Balaban J connectivity index is 1.99. The molecule has 5 heteroatoms. The lowest BCUT2D eigenvalue weighted by Crippen LogP contribution is -2.23. The predicted octanol–water partition coefficient (Wildman–Crippen LogP) is 3.68. The molecule has 0 aliphatic heterocycles. The molecule has 0 saturated heterocycles. The summed E-state index contributed by atoms with van der Waals surface area (Å²) in [5.74, 6) is 0.451. The fourth-order valence-electron chi connectivity index (χ4n) is 2.27. The van der Waals surface area contributed by atoms with Crippen LogP contribution in [0.1, 0.15) is 18.4 Å². The van der Waals surface area contributed by atoms with Crippen LogP contribution < -0.4 is 10.2 Å². The van der Waals surface area contributed by atoms with Crippen LogP contribution in [0.4, 0.5) is 0 Å². The maximum absolute atomic E-state index is 11.5. The maximum Gasteiger partial charge on any atom is 0.244 e. The standard InChI is InChI=1S/C18H21NO3S/c1-22-15-8-11-16(12-9-15)23-17(13-18(20)19-21)10-7-14-5-3-2-4-6-14/h2-6,8-9,11-12,17,21H,7,10,13H2,1H3,(H,19,20). The van der Waals surface area contributed by atoms with Gasteiger partial charge in [-0.05, 0) is 42.7 Å². The normalized spacial score (nSPS) is 11.7. The van der Waals surface area contributed by atoms with Gasteiger partial charge in [-0.25, -0.2) is 5.48 Å². The zero-order valence-corrected chi connectivity index (χ0v) is 13.9. The van der Waals surface area contributed by atoms with Gasteiger partial charge in [0.15, 0.2) is 0 Å². The molecule has 122 valence electrons. The van der Waals surface area contributed by atoms with Crippen LogP contribution in [0.15, 0.2) is 59.5 Å². The van der Waals surface area contributed by atoms with Crippen LogP contribution in [0.5, 0.6) is 5.75 Å². The molecular weight excluding hydrogens is 310 g/mol. The smallest absolute Gasteiger partial charge is 0.244 e. The minimum Gasteiger partial charge on any atom is -0.497 e. The lowest BCUT2D eigenvalue weighted by atomic mass is 10.1. The second-order valence-electron chi connectivity index (χ2n) is 5.18. The molecule has 2 N–H and O–H groups in total. The Morgan fingerprint density at radius 3 is 2.48 bits per heavy atom. The molecule has 0 spiro atoms. The van der Waals surface area contributed by atoms with E-state index in [1.54, 1.807) is 24.4 Å². The highest BCUT2D eigenvalue weighted by molar-refractivity contribution is 8.00. The monoisotopic (exact) mass is 331 g/mol. The summed E-state index contributed by atoms with van der Waals surface area (Å²) in [5.41, 5.74) is 2.97. The van der Waals surface area contributed by atoms with E-state index in [4.69, 9.17) is 9.94 Å². The topological polar surface area (TPSA) is 58.6 Å². The summed E-state index contributed by atoms with van der Waals surface area (Å²) in [6.07, 6.45) is 2.03. The van der Waals surface area contributed by atoms with Crippen LogP contribution in [-0.4, -0.2) is 23.5 Å². The molecule has 0 heterocycles. The fourth-order valence-corrected chi connectivity index (χ4v) is 3.42. The van der Waals surface area contributed by atoms with Crippen molar-refractivity contribution in [2.24, 2.45) is 0 Å². The van der Waals surface area contributed by atoms with E-state index in [9.17, 15) is 4.79 Å². The van der Waals surface area contributed by atoms with Crippen molar-refractivity contribution in [1.29, 1.82) is 0 Å². The number of carbonyl (C=O) groups excluding carboxylic acids is 1. The molecule has 0 radical (unpaired) electrons. The van der Waals surface area contributed by atoms with Crippen molar-refractivity contribution in [3.05, 3.63) is 60.2 Å². The van der Waals surface area contributed by atoms with Crippen LogP contribution in [0.2, 0.25) is 0 Å². The maximum atomic E-state index is 11.5. The van der Waals surface area contributed by atoms with Crippen LogP contribution in [0.3, 0.4) is 0 Å². The quantitative estimate of drug-likeness (QED) is 0.440. The molecule has 1 unspecified atom stereocenters. The average Bonchev–Trinajstić information content (AvgIpc) is 2.61. The van der Waals surface area contributed by atoms with E-state index in [0.29, 0.717) is 0 Å². The van der Waals surface area contributed by atoms with Gasteiger partial charge in [-0.2, -0.15) is 0 Å². The van der Waals surface area contributed by atoms with Gasteiger partial charge in [-0.15, -0.1) is 11.8 Å². The second-order valence-corrected chi connectivity index (χ2v) is 6.55. The largest absolute Gasteiger partial charge is 0.497 e. The molecule has 0 bridgehead atoms. The Morgan fingerprint density at radius 2 is 1.87 bits per heavy atom. The van der Waals surface area contributed by atoms with E-state index < -0.39 is 0 Å². The van der Waals surface area contributed by atoms with E-state index in [1.807, 2.05) is 42.5 Å². The van der Waals surface area contributed by atoms with Crippen molar-refractivity contribution in [2.45, 2.75) is 29.4 Å². The molecule has 0 aromatic heterocycles. The second kappa shape index (κ2) is 9.22. The van der Waals surface area contributed by atoms with Gasteiger partial charge in [-0.1, -0.05) is 30.3 Å². The summed E-state index contributed by atoms with van der Waals surface area (Å²) in [6, 6.07) is 18.0. The summed E-state index contributed by atoms with van der Waals surface area (Å²) >= 11 is 1.64. The third kappa shape index (κ3) is 5.96. The molecule has 2 rings (SSSR count). The molecule has 0 aliphatic rings. The van der Waals surface area contributed by atoms with Crippen molar-refractivity contribution in [2.75, 3.05) is 7.11 Å². The first-order valence-corrected chi connectivity index (χ1v) is 8.37. The Morgan fingerprint density at radius 1 is 1.17 bits per heavy atom. The van der Waals surface area contributed by atoms with Gasteiger partial charge in [0.25, 0.3) is 0 Å². The number of rotatable bonds is 8. The molecule has 4 nitrogen and oxygen atoms in total. The molecular formula is C18H21NO3S. The average molecular weight is 331 g/mol. The highest BCUT2D eigenvalue weighted by Gasteiger charge is 2.15. The third-order valence-corrected chi connectivity index (χ3v) is 4.78. The SMILES string of the molecule is COc1ccc(SC(CCc2ccccc2)CC(=O)NO)cc1. The molecule has 23 heavy (non-hydrogen) atoms. The van der Waals surface area contributed by atoms with Gasteiger partial charge in [0.05, 0.1) is 7.11 Å². The summed E-state index contributed by atoms with van der Waals surface area (Å²) < 4.78 is 5.16. The van der Waals surface area contributed by atoms with Crippen molar-refractivity contribution < 1.29 is 14.7 Å². The minimum absolute atomic E-state index is 0.0933. The van der Waals surface area contributed by atoms with Crippen molar-refractivity contribution in [1.82, 2.24) is 5.48 Å². The molecule has 2 aromatic carbocycles. The minimum atomic E-state index is -0.357. The Hall–Kier alpha value is -1.98. The van der Waals surface area contributed by atoms with Gasteiger partial charge in [0, 0.05) is 16.6 Å². The molecule has 1 amide bonds. The van der Waals surface area contributed by atoms with Crippen LogP contribution in [0, 0.1) is 0 Å². The molecule has 0 aliphatic carbocycles. The number of carbonyl (C=O) groups is 1. The molecule has 0 fully saturated rings. The summed E-state index contributed by atoms with van der Waals surface area (Å²) in [4.78, 5) is 12.6. The zero-order valence-electron chi connectivity index (χ0n) is 13.1. The van der Waals surface area contributed by atoms with Gasteiger partial charge >= 0.3 is 0 Å². The highest BCUT2D eigenvalue weighted by Crippen LogP contribution is 2.30. The number of hydroxylamine groups is 1. The first kappa shape index (κ1) is 17.4. The number of ether oxygens (including phenoxy) is 1. The number of thioether (sulfide) groups is 1. The number of hydrogen-bond acceptors (Lipinski definition) is 4. The van der Waals surface area contributed by atoms with E-state index in [0.717, 1.165) is 23.5 Å². The number of amides is 1. The lowest BCUT2D eigenvalue weighted by molar-refractivity contribution is -0.129. The first-order valence-electron chi connectivity index (χ1n) is 7.49. The number of methoxy groups -OCH3 is 1. The first-order chi connectivity index (χ1) is 11.2. The number of aryl methyl sites for hydroxylation is 1. The summed E-state index contributed by atoms with van der Waals surface area (Å²) in [6.45, 7) is 0. The van der Waals surface area contributed by atoms with Crippen molar-refractivity contribution in [3.63, 3.8) is 0 Å². The number of benzene rings is 2. The highest BCUT2D eigenvalue weighted by atomic mass is 32.2. The summed E-state index contributed by atoms with van der Waals surface area (Å²) in [7, 11) is 1.64. The van der Waals surface area contributed by atoms with Crippen molar-refractivity contribution >= 4 is 17.7 Å². The van der Waals surface area contributed by atoms with Gasteiger partial charge in [0.1, 0.15) is 5.75 Å². The predicted molar refractivity (Wildman–Crippen MR) is 91.9 cm³/mol. The van der Waals surface area contributed by atoms with Gasteiger partial charge < -0.3 is 4.74 Å². The van der Waals surface area contributed by atoms with Crippen LogP contribution in [-0.2, 0) is 11.2 Å².